The minimum atomic E-state index is -0.892. The van der Waals surface area contributed by atoms with Gasteiger partial charge in [-0.1, -0.05) is 67.5 Å². The average Bonchev–Trinajstić information content (AvgIpc) is 2.81. The molecule has 38 heavy (non-hydrogen) atoms. The summed E-state index contributed by atoms with van der Waals surface area (Å²) in [5.41, 5.74) is 8.22. The number of carbonyl (C=O) groups excluding carboxylic acids is 3. The molecule has 0 N–H and O–H groups in total. The van der Waals surface area contributed by atoms with Gasteiger partial charge in [-0.2, -0.15) is 0 Å². The Morgan fingerprint density at radius 1 is 0.947 bits per heavy atom. The normalized spacial score (nSPS) is 28.6. The molecule has 3 aliphatic rings. The molecule has 196 valence electrons. The number of aryl methyl sites for hydroxylation is 1. The monoisotopic (exact) mass is 506 g/mol. The second kappa shape index (κ2) is 8.33. The van der Waals surface area contributed by atoms with Crippen molar-refractivity contribution in [2.24, 2.45) is 16.2 Å². The Hall–Kier alpha value is -3.33. The third-order valence-corrected chi connectivity index (χ3v) is 10.0. The molecule has 0 saturated heterocycles. The number of hydrogen-bond donors (Lipinski definition) is 0. The van der Waals surface area contributed by atoms with Crippen LogP contribution in [-0.4, -0.2) is 17.3 Å². The topological polar surface area (TPSA) is 51.2 Å². The Morgan fingerprint density at radius 3 is 2.26 bits per heavy atom. The quantitative estimate of drug-likeness (QED) is 0.396. The first-order valence-electron chi connectivity index (χ1n) is 13.6. The number of Topliss-reactive ketones (excluding diaryl/α,β-unsaturated/α-hetero) is 3. The number of rotatable bonds is 3. The van der Waals surface area contributed by atoms with Gasteiger partial charge in [0.1, 0.15) is 0 Å². The fraction of sp³-hybridized carbons (Fsp3) is 0.400. The van der Waals surface area contributed by atoms with Crippen LogP contribution in [0.25, 0.3) is 16.7 Å². The Morgan fingerprint density at radius 2 is 1.63 bits per heavy atom. The summed E-state index contributed by atoms with van der Waals surface area (Å²) in [5, 5.41) is 0. The predicted octanol–water partition coefficient (Wildman–Crippen LogP) is 8.05. The van der Waals surface area contributed by atoms with Gasteiger partial charge in [0.2, 0.25) is 0 Å². The van der Waals surface area contributed by atoms with Crippen LogP contribution in [0, 0.1) is 23.2 Å². The highest BCUT2D eigenvalue weighted by Crippen LogP contribution is 2.66. The van der Waals surface area contributed by atoms with Gasteiger partial charge in [-0.3, -0.25) is 14.4 Å². The minimum Gasteiger partial charge on any atom is -0.294 e. The molecular formula is C35H38O3. The maximum atomic E-state index is 14.5. The summed E-state index contributed by atoms with van der Waals surface area (Å²) in [6.07, 6.45) is 2.12. The van der Waals surface area contributed by atoms with E-state index in [-0.39, 0.29) is 17.3 Å². The van der Waals surface area contributed by atoms with Crippen molar-refractivity contribution in [2.45, 2.75) is 74.7 Å². The zero-order valence-corrected chi connectivity index (χ0v) is 24.0. The number of hydrogen-bond acceptors (Lipinski definition) is 3. The average molecular weight is 507 g/mol. The van der Waals surface area contributed by atoms with Crippen LogP contribution in [0.1, 0.15) is 88.4 Å². The van der Waals surface area contributed by atoms with E-state index in [2.05, 4.69) is 50.8 Å². The maximum absolute atomic E-state index is 14.5. The van der Waals surface area contributed by atoms with E-state index in [4.69, 9.17) is 0 Å². The highest BCUT2D eigenvalue weighted by molar-refractivity contribution is 6.24. The summed E-state index contributed by atoms with van der Waals surface area (Å²) in [5.74, 6) is -0.267. The molecule has 3 heteroatoms. The number of carbonyl (C=O) groups is 3. The van der Waals surface area contributed by atoms with E-state index in [1.54, 1.807) is 0 Å². The minimum absolute atomic E-state index is 0.0355. The van der Waals surface area contributed by atoms with E-state index in [0.717, 1.165) is 62.1 Å². The number of fused-ring (bicyclic) bond motifs is 3. The van der Waals surface area contributed by atoms with Crippen molar-refractivity contribution < 1.29 is 14.4 Å². The fourth-order valence-electron chi connectivity index (χ4n) is 8.14. The predicted molar refractivity (Wildman–Crippen MR) is 154 cm³/mol. The Balaban J connectivity index is 1.76. The Kier molecular flexibility index (Phi) is 5.76. The summed E-state index contributed by atoms with van der Waals surface area (Å²) < 4.78 is 0. The van der Waals surface area contributed by atoms with Gasteiger partial charge in [0.25, 0.3) is 0 Å². The SMILES string of the molecule is C=C(C)c1cccc(-c2ccc(C)c3c2C[C@]2(C)C[C@]4(C)CC(C)=C(C(C)=O)C(=O)[C@]4(C)C(C)=C2C3=O)c1. The number of benzene rings is 2. The Labute approximate surface area is 226 Å². The van der Waals surface area contributed by atoms with Gasteiger partial charge in [0, 0.05) is 16.6 Å². The van der Waals surface area contributed by atoms with E-state index >= 15 is 0 Å². The second-order valence-corrected chi connectivity index (χ2v) is 12.8. The molecule has 0 heterocycles. The van der Waals surface area contributed by atoms with Crippen molar-refractivity contribution in [3.63, 3.8) is 0 Å². The van der Waals surface area contributed by atoms with Crippen molar-refractivity contribution in [1.82, 2.24) is 0 Å². The lowest BCUT2D eigenvalue weighted by Gasteiger charge is -2.59. The van der Waals surface area contributed by atoms with Crippen LogP contribution in [0.2, 0.25) is 0 Å². The molecule has 3 nitrogen and oxygen atoms in total. The summed E-state index contributed by atoms with van der Waals surface area (Å²) >= 11 is 0. The van der Waals surface area contributed by atoms with Crippen molar-refractivity contribution in [2.75, 3.05) is 0 Å². The molecule has 0 aliphatic heterocycles. The van der Waals surface area contributed by atoms with Crippen LogP contribution in [-0.2, 0) is 16.0 Å². The second-order valence-electron chi connectivity index (χ2n) is 12.8. The molecule has 0 radical (unpaired) electrons. The third kappa shape index (κ3) is 3.37. The molecule has 0 unspecified atom stereocenters. The van der Waals surface area contributed by atoms with Crippen LogP contribution in [0.4, 0.5) is 0 Å². The van der Waals surface area contributed by atoms with Gasteiger partial charge in [-0.15, -0.1) is 0 Å². The molecule has 0 bridgehead atoms. The summed E-state index contributed by atoms with van der Waals surface area (Å²) in [6.45, 7) is 19.9. The highest BCUT2D eigenvalue weighted by Gasteiger charge is 2.63. The highest BCUT2D eigenvalue weighted by atomic mass is 16.2. The molecule has 0 spiro atoms. The van der Waals surface area contributed by atoms with Crippen molar-refractivity contribution >= 4 is 22.9 Å². The van der Waals surface area contributed by atoms with Gasteiger partial charge < -0.3 is 0 Å². The van der Waals surface area contributed by atoms with Gasteiger partial charge >= 0.3 is 0 Å². The largest absolute Gasteiger partial charge is 0.294 e. The fourth-order valence-corrected chi connectivity index (χ4v) is 8.14. The first kappa shape index (κ1) is 26.3. The van der Waals surface area contributed by atoms with Crippen molar-refractivity contribution in [3.05, 3.63) is 87.5 Å². The molecule has 0 fully saturated rings. The van der Waals surface area contributed by atoms with Crippen LogP contribution in [0.3, 0.4) is 0 Å². The van der Waals surface area contributed by atoms with Gasteiger partial charge in [0.15, 0.2) is 17.3 Å². The lowest BCUT2D eigenvalue weighted by atomic mass is 9.42. The van der Waals surface area contributed by atoms with Crippen LogP contribution < -0.4 is 0 Å². The van der Waals surface area contributed by atoms with E-state index < -0.39 is 16.2 Å². The van der Waals surface area contributed by atoms with E-state index in [0.29, 0.717) is 18.4 Å². The summed E-state index contributed by atoms with van der Waals surface area (Å²) in [7, 11) is 0. The van der Waals surface area contributed by atoms with Crippen LogP contribution in [0.5, 0.6) is 0 Å². The molecule has 0 saturated carbocycles. The summed E-state index contributed by atoms with van der Waals surface area (Å²) in [6, 6.07) is 12.6. The lowest BCUT2D eigenvalue weighted by molar-refractivity contribution is -0.134. The first-order valence-corrected chi connectivity index (χ1v) is 13.6. The van der Waals surface area contributed by atoms with E-state index in [1.807, 2.05) is 40.7 Å². The van der Waals surface area contributed by atoms with Gasteiger partial charge in [-0.05, 0) is 100 Å². The van der Waals surface area contributed by atoms with Gasteiger partial charge in [0.05, 0.1) is 11.0 Å². The van der Waals surface area contributed by atoms with Crippen molar-refractivity contribution in [3.8, 4) is 11.1 Å². The number of allylic oxidation sites excluding steroid dienone is 5. The standard InChI is InChI=1S/C35H38O3/c1-19(2)24-11-10-12-25(15-24)26-14-13-20(3)29-27(26)17-33(7)18-34(8)16-21(4)28(23(6)36)32(38)35(34,9)22(5)30(33)31(29)37/h10-15H,1,16-18H2,2-9H3/t33-,34+,35+/m1/s1. The molecule has 3 aliphatic carbocycles. The maximum Gasteiger partial charge on any atom is 0.190 e. The zero-order chi connectivity index (χ0) is 27.9. The molecule has 3 atom stereocenters. The first-order chi connectivity index (χ1) is 17.7. The summed E-state index contributed by atoms with van der Waals surface area (Å²) in [4.78, 5) is 41.1. The number of ketones is 3. The van der Waals surface area contributed by atoms with E-state index in [1.165, 1.54) is 6.92 Å². The van der Waals surface area contributed by atoms with Crippen LogP contribution in [0.15, 0.2) is 65.3 Å². The molecule has 0 amide bonds. The molecule has 0 aromatic heterocycles. The van der Waals surface area contributed by atoms with E-state index in [9.17, 15) is 14.4 Å². The molecule has 5 rings (SSSR count). The molecule has 2 aromatic carbocycles. The molecule has 2 aromatic rings. The van der Waals surface area contributed by atoms with Crippen molar-refractivity contribution in [1.29, 1.82) is 0 Å². The third-order valence-electron chi connectivity index (χ3n) is 10.0. The lowest BCUT2D eigenvalue weighted by Crippen LogP contribution is -2.57. The van der Waals surface area contributed by atoms with Crippen LogP contribution >= 0.6 is 0 Å². The smallest absolute Gasteiger partial charge is 0.190 e. The Bertz CT molecular complexity index is 1550. The zero-order valence-electron chi connectivity index (χ0n) is 24.0. The van der Waals surface area contributed by atoms with Gasteiger partial charge in [-0.25, -0.2) is 0 Å². The molecular weight excluding hydrogens is 468 g/mol.